The van der Waals surface area contributed by atoms with Gasteiger partial charge in [0.2, 0.25) is 11.6 Å². The number of alkyl halides is 2. The summed E-state index contributed by atoms with van der Waals surface area (Å²) in [6.07, 6.45) is -0.436. The molecular weight excluding hydrogens is 260 g/mol. The molecule has 102 valence electrons. The zero-order chi connectivity index (χ0) is 13.0. The summed E-state index contributed by atoms with van der Waals surface area (Å²) in [5.41, 5.74) is 0. The van der Waals surface area contributed by atoms with Crippen molar-refractivity contribution in [2.24, 2.45) is 5.92 Å². The lowest BCUT2D eigenvalue weighted by atomic mass is 9.98. The van der Waals surface area contributed by atoms with Crippen LogP contribution in [0.5, 0.6) is 0 Å². The van der Waals surface area contributed by atoms with Crippen molar-refractivity contribution < 1.29 is 13.5 Å². The van der Waals surface area contributed by atoms with Crippen molar-refractivity contribution >= 4 is 16.7 Å². The first-order valence-electron chi connectivity index (χ1n) is 6.05. The van der Waals surface area contributed by atoms with Crippen LogP contribution in [0.2, 0.25) is 0 Å². The third kappa shape index (κ3) is 3.35. The first kappa shape index (κ1) is 13.6. The zero-order valence-corrected chi connectivity index (χ0v) is 11.1. The summed E-state index contributed by atoms with van der Waals surface area (Å²) in [6.45, 7) is 1.89. The maximum Gasteiger partial charge on any atom is 0.241 e. The Hall–Kier alpha value is -0.820. The number of ether oxygens (including phenoxy) is 1. The number of hydrogen-bond acceptors (Lipinski definition) is 5. The second kappa shape index (κ2) is 6.38. The second-order valence-corrected chi connectivity index (χ2v) is 5.13. The molecule has 0 atom stereocenters. The highest BCUT2D eigenvalue weighted by atomic mass is 32.1. The van der Waals surface area contributed by atoms with E-state index in [0.29, 0.717) is 39.0 Å². The molecule has 1 aliphatic rings. The van der Waals surface area contributed by atoms with Crippen molar-refractivity contribution in [2.45, 2.75) is 25.7 Å². The van der Waals surface area contributed by atoms with Crippen LogP contribution in [0.4, 0.5) is 13.9 Å². The van der Waals surface area contributed by atoms with Gasteiger partial charge in [-0.1, -0.05) is 0 Å². The minimum Gasteiger partial charge on any atom is -0.384 e. The van der Waals surface area contributed by atoms with Crippen LogP contribution in [0.3, 0.4) is 0 Å². The van der Waals surface area contributed by atoms with Gasteiger partial charge in [-0.2, -0.15) is 4.37 Å². The predicted molar refractivity (Wildman–Crippen MR) is 66.4 cm³/mol. The van der Waals surface area contributed by atoms with E-state index in [4.69, 9.17) is 4.74 Å². The van der Waals surface area contributed by atoms with Crippen LogP contribution in [0.25, 0.3) is 0 Å². The largest absolute Gasteiger partial charge is 0.384 e. The molecule has 0 saturated carbocycles. The Kier molecular flexibility index (Phi) is 4.82. The maximum atomic E-state index is 12.5. The molecule has 0 spiro atoms. The van der Waals surface area contributed by atoms with E-state index in [1.54, 1.807) is 7.11 Å². The van der Waals surface area contributed by atoms with E-state index in [2.05, 4.69) is 9.36 Å². The number of piperidine rings is 1. The van der Waals surface area contributed by atoms with Crippen molar-refractivity contribution in [1.29, 1.82) is 0 Å². The standard InChI is InChI=1S/C11H17F2N3OS/c1-17-7-4-9-14-11(18-15-9)16-5-2-8(3-6-16)10(12)13/h8,10H,2-7H2,1H3. The van der Waals surface area contributed by atoms with E-state index < -0.39 is 12.3 Å². The minimum atomic E-state index is -2.20. The van der Waals surface area contributed by atoms with E-state index in [1.807, 2.05) is 4.90 Å². The van der Waals surface area contributed by atoms with E-state index >= 15 is 0 Å². The summed E-state index contributed by atoms with van der Waals surface area (Å²) in [5.74, 6) is 0.315. The first-order chi connectivity index (χ1) is 8.70. The fourth-order valence-electron chi connectivity index (χ4n) is 2.01. The lowest BCUT2D eigenvalue weighted by Crippen LogP contribution is -2.35. The van der Waals surface area contributed by atoms with Crippen LogP contribution < -0.4 is 4.90 Å². The molecule has 2 rings (SSSR count). The van der Waals surface area contributed by atoms with Crippen LogP contribution in [-0.2, 0) is 11.2 Å². The van der Waals surface area contributed by atoms with Crippen LogP contribution in [0.15, 0.2) is 0 Å². The van der Waals surface area contributed by atoms with Crippen molar-refractivity contribution in [3.05, 3.63) is 5.82 Å². The van der Waals surface area contributed by atoms with E-state index in [1.165, 1.54) is 11.5 Å². The Morgan fingerprint density at radius 3 is 2.78 bits per heavy atom. The van der Waals surface area contributed by atoms with Gasteiger partial charge < -0.3 is 9.64 Å². The van der Waals surface area contributed by atoms with Gasteiger partial charge in [-0.3, -0.25) is 0 Å². The predicted octanol–water partition coefficient (Wildman–Crippen LogP) is 2.21. The molecule has 0 unspecified atom stereocenters. The third-order valence-corrected chi connectivity index (χ3v) is 3.97. The van der Waals surface area contributed by atoms with Gasteiger partial charge in [0.15, 0.2) is 0 Å². The highest BCUT2D eigenvalue weighted by molar-refractivity contribution is 7.09. The fourth-order valence-corrected chi connectivity index (χ4v) is 2.77. The number of rotatable bonds is 5. The molecule has 0 N–H and O–H groups in total. The van der Waals surface area contributed by atoms with Gasteiger partial charge in [-0.25, -0.2) is 13.8 Å². The Bertz CT molecular complexity index is 367. The number of halogens is 2. The summed E-state index contributed by atoms with van der Waals surface area (Å²) in [5, 5.41) is 0.841. The highest BCUT2D eigenvalue weighted by Gasteiger charge is 2.27. The van der Waals surface area contributed by atoms with Gasteiger partial charge in [0.1, 0.15) is 5.82 Å². The molecule has 0 aromatic carbocycles. The van der Waals surface area contributed by atoms with Crippen LogP contribution in [0.1, 0.15) is 18.7 Å². The number of nitrogens with zero attached hydrogens (tertiary/aromatic N) is 3. The minimum absolute atomic E-state index is 0.456. The Balaban J connectivity index is 1.87. The van der Waals surface area contributed by atoms with Gasteiger partial charge in [0.05, 0.1) is 6.61 Å². The van der Waals surface area contributed by atoms with Crippen molar-refractivity contribution in [1.82, 2.24) is 9.36 Å². The average Bonchev–Trinajstić information content (AvgIpc) is 2.85. The second-order valence-electron chi connectivity index (χ2n) is 4.39. The summed E-state index contributed by atoms with van der Waals surface area (Å²) < 4.78 is 34.3. The van der Waals surface area contributed by atoms with E-state index in [9.17, 15) is 8.78 Å². The number of aromatic nitrogens is 2. The Morgan fingerprint density at radius 1 is 1.44 bits per heavy atom. The van der Waals surface area contributed by atoms with Crippen molar-refractivity contribution in [3.8, 4) is 0 Å². The molecule has 0 amide bonds. The summed E-state index contributed by atoms with van der Waals surface area (Å²) >= 11 is 1.34. The first-order valence-corrected chi connectivity index (χ1v) is 6.82. The van der Waals surface area contributed by atoms with Gasteiger partial charge in [0, 0.05) is 44.1 Å². The molecule has 18 heavy (non-hydrogen) atoms. The molecule has 1 aromatic rings. The molecule has 0 aliphatic carbocycles. The summed E-state index contributed by atoms with van der Waals surface area (Å²) in [4.78, 5) is 6.46. The molecule has 1 fully saturated rings. The Labute approximate surface area is 109 Å². The van der Waals surface area contributed by atoms with Gasteiger partial charge in [0.25, 0.3) is 0 Å². The molecule has 0 radical (unpaired) electrons. The average molecular weight is 277 g/mol. The molecular formula is C11H17F2N3OS. The fraction of sp³-hybridized carbons (Fsp3) is 0.818. The van der Waals surface area contributed by atoms with E-state index in [-0.39, 0.29) is 0 Å². The normalized spacial score (nSPS) is 17.7. The molecule has 1 aromatic heterocycles. The zero-order valence-electron chi connectivity index (χ0n) is 10.3. The molecule has 1 aliphatic heterocycles. The molecule has 4 nitrogen and oxygen atoms in total. The van der Waals surface area contributed by atoms with Crippen molar-refractivity contribution in [3.63, 3.8) is 0 Å². The van der Waals surface area contributed by atoms with Crippen LogP contribution >= 0.6 is 11.5 Å². The smallest absolute Gasteiger partial charge is 0.241 e. The quantitative estimate of drug-likeness (QED) is 0.827. The monoisotopic (exact) mass is 277 g/mol. The Morgan fingerprint density at radius 2 is 2.17 bits per heavy atom. The SMILES string of the molecule is COCCc1nsc(N2CCC(C(F)F)CC2)n1. The van der Waals surface area contributed by atoms with Crippen molar-refractivity contribution in [2.75, 3.05) is 31.7 Å². The number of anilines is 1. The van der Waals surface area contributed by atoms with E-state index in [0.717, 1.165) is 11.0 Å². The molecule has 1 saturated heterocycles. The molecule has 2 heterocycles. The molecule has 7 heteroatoms. The van der Waals surface area contributed by atoms with Crippen LogP contribution in [-0.4, -0.2) is 42.6 Å². The van der Waals surface area contributed by atoms with Gasteiger partial charge in [-0.05, 0) is 12.8 Å². The third-order valence-electron chi connectivity index (χ3n) is 3.15. The van der Waals surface area contributed by atoms with Crippen LogP contribution in [0, 0.1) is 5.92 Å². The topological polar surface area (TPSA) is 38.2 Å². The molecule has 0 bridgehead atoms. The lowest BCUT2D eigenvalue weighted by molar-refractivity contribution is 0.0636. The maximum absolute atomic E-state index is 12.5. The lowest BCUT2D eigenvalue weighted by Gasteiger charge is -2.30. The van der Waals surface area contributed by atoms with Gasteiger partial charge >= 0.3 is 0 Å². The van der Waals surface area contributed by atoms with Gasteiger partial charge in [-0.15, -0.1) is 0 Å². The number of hydrogen-bond donors (Lipinski definition) is 0. The summed E-state index contributed by atoms with van der Waals surface area (Å²) in [6, 6.07) is 0. The highest BCUT2D eigenvalue weighted by Crippen LogP contribution is 2.27. The number of methoxy groups -OCH3 is 1. The summed E-state index contributed by atoms with van der Waals surface area (Å²) in [7, 11) is 1.64.